The first-order valence-electron chi connectivity index (χ1n) is 5.92. The number of hydrogen-bond acceptors (Lipinski definition) is 3. The average molecular weight is 276 g/mol. The van der Waals surface area contributed by atoms with Gasteiger partial charge in [-0.05, 0) is 18.6 Å². The smallest absolute Gasteiger partial charge is 0.323 e. The second-order valence-electron chi connectivity index (χ2n) is 4.30. The first-order valence-corrected chi connectivity index (χ1v) is 5.92. The summed E-state index contributed by atoms with van der Waals surface area (Å²) < 4.78 is 0. The Kier molecular flexibility index (Phi) is 5.46. The number of hydrogen-bond donors (Lipinski definition) is 2. The molecule has 0 atom stereocenters. The van der Waals surface area contributed by atoms with E-state index in [2.05, 4.69) is 0 Å². The lowest BCUT2D eigenvalue weighted by Gasteiger charge is -2.16. The Morgan fingerprint density at radius 3 is 2.55 bits per heavy atom. The normalized spacial score (nSPS) is 10.4. The van der Waals surface area contributed by atoms with E-state index in [4.69, 9.17) is 10.8 Å². The second-order valence-corrected chi connectivity index (χ2v) is 4.30. The van der Waals surface area contributed by atoms with Crippen molar-refractivity contribution < 1.29 is 19.5 Å². The summed E-state index contributed by atoms with van der Waals surface area (Å²) in [5.74, 6) is -2.54. The lowest BCUT2D eigenvalue weighted by molar-refractivity contribution is -0.143. The topological polar surface area (TPSA) is 101 Å². The zero-order chi connectivity index (χ0) is 15.1. The van der Waals surface area contributed by atoms with Crippen LogP contribution >= 0.6 is 0 Å². The third kappa shape index (κ3) is 5.34. The van der Waals surface area contributed by atoms with Gasteiger partial charge in [-0.3, -0.25) is 14.4 Å². The minimum atomic E-state index is -1.21. The monoisotopic (exact) mass is 276 g/mol. The molecule has 2 amide bonds. The highest BCUT2D eigenvalue weighted by molar-refractivity contribution is 5.95. The Bertz CT molecular complexity index is 536. The van der Waals surface area contributed by atoms with E-state index in [0.29, 0.717) is 0 Å². The van der Waals surface area contributed by atoms with Gasteiger partial charge in [0.15, 0.2) is 0 Å². The minimum absolute atomic E-state index is 0.427. The van der Waals surface area contributed by atoms with Crippen LogP contribution in [0.2, 0.25) is 0 Å². The van der Waals surface area contributed by atoms with Crippen LogP contribution in [0.4, 0.5) is 0 Å². The maximum atomic E-state index is 11.8. The van der Waals surface area contributed by atoms with Crippen molar-refractivity contribution in [3.63, 3.8) is 0 Å². The van der Waals surface area contributed by atoms with Gasteiger partial charge in [0.2, 0.25) is 11.8 Å². The molecule has 1 rings (SSSR count). The molecule has 0 saturated carbocycles. The maximum absolute atomic E-state index is 11.8. The van der Waals surface area contributed by atoms with Crippen LogP contribution in [0.3, 0.4) is 0 Å². The summed E-state index contributed by atoms with van der Waals surface area (Å²) in [6, 6.07) is 7.45. The van der Waals surface area contributed by atoms with E-state index in [1.165, 1.54) is 6.08 Å². The van der Waals surface area contributed by atoms with E-state index < -0.39 is 30.9 Å². The molecule has 6 nitrogen and oxygen atoms in total. The van der Waals surface area contributed by atoms with Crippen molar-refractivity contribution in [3.8, 4) is 0 Å². The summed E-state index contributed by atoms with van der Waals surface area (Å²) in [5.41, 5.74) is 6.84. The summed E-state index contributed by atoms with van der Waals surface area (Å²) in [5, 5.41) is 8.70. The molecule has 0 aliphatic rings. The third-order valence-electron chi connectivity index (χ3n) is 2.44. The third-order valence-corrected chi connectivity index (χ3v) is 2.44. The summed E-state index contributed by atoms with van der Waals surface area (Å²) in [4.78, 5) is 34.2. The number of aryl methyl sites for hydroxylation is 1. The van der Waals surface area contributed by atoms with E-state index in [1.54, 1.807) is 6.08 Å². The Labute approximate surface area is 116 Å². The molecule has 0 spiro atoms. The Morgan fingerprint density at radius 2 is 2.00 bits per heavy atom. The first kappa shape index (κ1) is 15.4. The largest absolute Gasteiger partial charge is 0.480 e. The molecule has 1 aromatic rings. The molecule has 0 saturated heterocycles. The van der Waals surface area contributed by atoms with Gasteiger partial charge in [-0.15, -0.1) is 0 Å². The van der Waals surface area contributed by atoms with Crippen molar-refractivity contribution >= 4 is 23.9 Å². The molecular formula is C14H16N2O4. The van der Waals surface area contributed by atoms with E-state index in [0.717, 1.165) is 16.0 Å². The molecule has 0 unspecified atom stereocenters. The Hall–Kier alpha value is -2.63. The van der Waals surface area contributed by atoms with Crippen molar-refractivity contribution in [2.24, 2.45) is 5.73 Å². The minimum Gasteiger partial charge on any atom is -0.480 e. The van der Waals surface area contributed by atoms with Crippen LogP contribution in [0.5, 0.6) is 0 Å². The molecule has 0 aliphatic heterocycles. The summed E-state index contributed by atoms with van der Waals surface area (Å²) in [7, 11) is 0. The van der Waals surface area contributed by atoms with Gasteiger partial charge in [-0.1, -0.05) is 29.8 Å². The van der Waals surface area contributed by atoms with Crippen LogP contribution in [0.15, 0.2) is 30.3 Å². The molecule has 6 heteroatoms. The van der Waals surface area contributed by atoms with Gasteiger partial charge in [-0.25, -0.2) is 0 Å². The SMILES string of the molecule is Cc1cccc(/C=C/C(=O)N(CC(N)=O)CC(=O)O)c1. The quantitative estimate of drug-likeness (QED) is 0.735. The number of rotatable bonds is 6. The van der Waals surface area contributed by atoms with Gasteiger partial charge in [0, 0.05) is 6.08 Å². The van der Waals surface area contributed by atoms with E-state index in [9.17, 15) is 14.4 Å². The molecule has 0 aromatic heterocycles. The van der Waals surface area contributed by atoms with Gasteiger partial charge in [0.05, 0.1) is 0 Å². The Balaban J connectivity index is 2.79. The maximum Gasteiger partial charge on any atom is 0.323 e. The second kappa shape index (κ2) is 7.08. The van der Waals surface area contributed by atoms with E-state index >= 15 is 0 Å². The van der Waals surface area contributed by atoms with Crippen LogP contribution in [0, 0.1) is 6.92 Å². The predicted molar refractivity (Wildman–Crippen MR) is 73.6 cm³/mol. The van der Waals surface area contributed by atoms with Crippen LogP contribution in [-0.4, -0.2) is 40.9 Å². The number of nitrogens with zero attached hydrogens (tertiary/aromatic N) is 1. The molecule has 0 fully saturated rings. The lowest BCUT2D eigenvalue weighted by Crippen LogP contribution is -2.40. The standard InChI is InChI=1S/C14H16N2O4/c1-10-3-2-4-11(7-10)5-6-13(18)16(8-12(15)17)9-14(19)20/h2-7H,8-9H2,1H3,(H2,15,17)(H,19,20)/b6-5+. The molecule has 0 aliphatic carbocycles. The highest BCUT2D eigenvalue weighted by atomic mass is 16.4. The molecule has 20 heavy (non-hydrogen) atoms. The van der Waals surface area contributed by atoms with Crippen molar-refractivity contribution in [2.45, 2.75) is 6.92 Å². The summed E-state index contributed by atoms with van der Waals surface area (Å²) >= 11 is 0. The molecule has 106 valence electrons. The predicted octanol–water partition coefficient (Wildman–Crippen LogP) is 0.407. The van der Waals surface area contributed by atoms with Crippen molar-refractivity contribution in [2.75, 3.05) is 13.1 Å². The lowest BCUT2D eigenvalue weighted by atomic mass is 10.1. The number of carboxylic acids is 1. The van der Waals surface area contributed by atoms with Gasteiger partial charge >= 0.3 is 5.97 Å². The van der Waals surface area contributed by atoms with Gasteiger partial charge in [-0.2, -0.15) is 0 Å². The Morgan fingerprint density at radius 1 is 1.30 bits per heavy atom. The van der Waals surface area contributed by atoms with Gasteiger partial charge in [0.1, 0.15) is 13.1 Å². The van der Waals surface area contributed by atoms with Crippen LogP contribution < -0.4 is 5.73 Å². The molecular weight excluding hydrogens is 260 g/mol. The molecule has 1 aromatic carbocycles. The van der Waals surface area contributed by atoms with Crippen molar-refractivity contribution in [1.29, 1.82) is 0 Å². The fourth-order valence-corrected chi connectivity index (χ4v) is 1.61. The van der Waals surface area contributed by atoms with E-state index in [-0.39, 0.29) is 0 Å². The fourth-order valence-electron chi connectivity index (χ4n) is 1.61. The molecule has 0 bridgehead atoms. The summed E-state index contributed by atoms with van der Waals surface area (Å²) in [6.45, 7) is 0.923. The highest BCUT2D eigenvalue weighted by Crippen LogP contribution is 2.06. The number of aliphatic carboxylic acids is 1. The van der Waals surface area contributed by atoms with Crippen LogP contribution in [-0.2, 0) is 14.4 Å². The number of benzene rings is 1. The van der Waals surface area contributed by atoms with Crippen molar-refractivity contribution in [3.05, 3.63) is 41.5 Å². The number of primary amides is 1. The number of carbonyl (C=O) groups is 3. The zero-order valence-electron chi connectivity index (χ0n) is 11.1. The number of amides is 2. The number of carbonyl (C=O) groups excluding carboxylic acids is 2. The average Bonchev–Trinajstić information content (AvgIpc) is 2.34. The molecule has 3 N–H and O–H groups in total. The fraction of sp³-hybridized carbons (Fsp3) is 0.214. The van der Waals surface area contributed by atoms with Crippen LogP contribution in [0.25, 0.3) is 6.08 Å². The van der Waals surface area contributed by atoms with Gasteiger partial charge < -0.3 is 15.7 Å². The van der Waals surface area contributed by atoms with Crippen molar-refractivity contribution in [1.82, 2.24) is 4.90 Å². The molecule has 0 radical (unpaired) electrons. The first-order chi connectivity index (χ1) is 9.38. The zero-order valence-corrected chi connectivity index (χ0v) is 11.1. The molecule has 0 heterocycles. The number of nitrogens with two attached hydrogens (primary N) is 1. The van der Waals surface area contributed by atoms with E-state index in [1.807, 2.05) is 31.2 Å². The summed E-state index contributed by atoms with van der Waals surface area (Å²) in [6.07, 6.45) is 2.78. The van der Waals surface area contributed by atoms with Crippen LogP contribution in [0.1, 0.15) is 11.1 Å². The van der Waals surface area contributed by atoms with Gasteiger partial charge in [0.25, 0.3) is 0 Å². The highest BCUT2D eigenvalue weighted by Gasteiger charge is 2.16. The number of carboxylic acid groups (broad SMARTS) is 1.